The van der Waals surface area contributed by atoms with Crippen LogP contribution in [0, 0.1) is 13.8 Å². The third kappa shape index (κ3) is 4.10. The molecule has 118 valence electrons. The maximum atomic E-state index is 12.3. The molecule has 0 radical (unpaired) electrons. The Labute approximate surface area is 130 Å². The molecular weight excluding hydrogens is 282 g/mol. The third-order valence-corrected chi connectivity index (χ3v) is 3.67. The van der Waals surface area contributed by atoms with E-state index in [-0.39, 0.29) is 18.6 Å². The van der Waals surface area contributed by atoms with Crippen molar-refractivity contribution in [2.75, 3.05) is 6.61 Å². The smallest absolute Gasteiger partial charge is 0.341 e. The normalized spacial score (nSPS) is 17.1. The molecule has 0 saturated heterocycles. The number of benzene rings is 1. The van der Waals surface area contributed by atoms with Crippen LogP contribution in [0.4, 0.5) is 0 Å². The van der Waals surface area contributed by atoms with Crippen molar-refractivity contribution in [1.29, 1.82) is 0 Å². The minimum Gasteiger partial charge on any atom is -0.481 e. The molecule has 0 saturated carbocycles. The van der Waals surface area contributed by atoms with Crippen LogP contribution in [0.2, 0.25) is 0 Å². The topological polar surface area (TPSA) is 75.6 Å². The van der Waals surface area contributed by atoms with E-state index in [2.05, 4.69) is 17.5 Å². The second-order valence-corrected chi connectivity index (χ2v) is 5.58. The summed E-state index contributed by atoms with van der Waals surface area (Å²) >= 11 is 0. The highest BCUT2D eigenvalue weighted by Crippen LogP contribution is 2.25. The molecule has 1 atom stereocenters. The van der Waals surface area contributed by atoms with Crippen molar-refractivity contribution in [3.63, 3.8) is 0 Å². The Morgan fingerprint density at radius 3 is 2.50 bits per heavy atom. The Morgan fingerprint density at radius 2 is 1.95 bits per heavy atom. The predicted molar refractivity (Wildman–Crippen MR) is 83.3 cm³/mol. The largest absolute Gasteiger partial charge is 0.481 e. The van der Waals surface area contributed by atoms with Crippen molar-refractivity contribution in [1.82, 2.24) is 5.32 Å². The summed E-state index contributed by atoms with van der Waals surface area (Å²) in [6, 6.07) is 3.65. The molecule has 1 aromatic carbocycles. The maximum Gasteiger partial charge on any atom is 0.341 e. The van der Waals surface area contributed by atoms with Crippen LogP contribution in [0.1, 0.15) is 40.7 Å². The molecule has 2 rings (SSSR count). The number of carboxylic acids is 1. The Hall–Kier alpha value is -2.30. The Kier molecular flexibility index (Phi) is 5.20. The van der Waals surface area contributed by atoms with E-state index >= 15 is 0 Å². The third-order valence-electron chi connectivity index (χ3n) is 3.67. The quantitative estimate of drug-likeness (QED) is 0.820. The Balaban J connectivity index is 2.09. The minimum atomic E-state index is -1.02. The van der Waals surface area contributed by atoms with Gasteiger partial charge in [0.05, 0.1) is 0 Å². The number of carboxylic acid groups (broad SMARTS) is 1. The lowest BCUT2D eigenvalue weighted by Crippen LogP contribution is -2.35. The molecule has 0 aliphatic heterocycles. The summed E-state index contributed by atoms with van der Waals surface area (Å²) in [6.07, 6.45) is 7.04. The van der Waals surface area contributed by atoms with Gasteiger partial charge in [0.15, 0.2) is 6.61 Å². The van der Waals surface area contributed by atoms with Gasteiger partial charge < -0.3 is 15.2 Å². The van der Waals surface area contributed by atoms with E-state index in [4.69, 9.17) is 9.84 Å². The van der Waals surface area contributed by atoms with Gasteiger partial charge in [0.1, 0.15) is 5.75 Å². The molecule has 2 N–H and O–H groups in total. The molecule has 0 bridgehead atoms. The number of allylic oxidation sites excluding steroid dienone is 1. The minimum absolute atomic E-state index is 0.101. The zero-order valence-corrected chi connectivity index (χ0v) is 12.9. The molecule has 0 fully saturated rings. The van der Waals surface area contributed by atoms with Gasteiger partial charge in [-0.2, -0.15) is 0 Å². The lowest BCUT2D eigenvalue weighted by molar-refractivity contribution is -0.139. The maximum absolute atomic E-state index is 12.3. The molecule has 0 aromatic heterocycles. The molecular formula is C17H21NO4. The molecule has 22 heavy (non-hydrogen) atoms. The van der Waals surface area contributed by atoms with Crippen molar-refractivity contribution in [3.8, 4) is 5.75 Å². The lowest BCUT2D eigenvalue weighted by Gasteiger charge is -2.20. The molecule has 1 aliphatic carbocycles. The molecule has 1 aromatic rings. The van der Waals surface area contributed by atoms with Crippen LogP contribution < -0.4 is 10.1 Å². The summed E-state index contributed by atoms with van der Waals surface area (Å²) in [4.78, 5) is 22.9. The SMILES string of the molecule is Cc1cc(C(=O)NC2CC=CCC2)cc(C)c1OCC(=O)O. The van der Waals surface area contributed by atoms with Crippen LogP contribution in [0.3, 0.4) is 0 Å². The number of ether oxygens (including phenoxy) is 1. The van der Waals surface area contributed by atoms with Crippen LogP contribution in [-0.4, -0.2) is 29.6 Å². The lowest BCUT2D eigenvalue weighted by atomic mass is 10.0. The zero-order valence-electron chi connectivity index (χ0n) is 12.9. The summed E-state index contributed by atoms with van der Waals surface area (Å²) in [5, 5.41) is 11.7. The molecule has 0 spiro atoms. The van der Waals surface area contributed by atoms with Gasteiger partial charge in [0, 0.05) is 11.6 Å². The monoisotopic (exact) mass is 303 g/mol. The van der Waals surface area contributed by atoms with E-state index in [9.17, 15) is 9.59 Å². The Bertz CT molecular complexity index is 584. The first-order chi connectivity index (χ1) is 10.5. The number of amides is 1. The van der Waals surface area contributed by atoms with Crippen LogP contribution in [-0.2, 0) is 4.79 Å². The number of nitrogens with one attached hydrogen (secondary N) is 1. The highest BCUT2D eigenvalue weighted by molar-refractivity contribution is 5.95. The average molecular weight is 303 g/mol. The van der Waals surface area contributed by atoms with Crippen molar-refractivity contribution in [2.45, 2.75) is 39.2 Å². The van der Waals surface area contributed by atoms with Gasteiger partial charge in [-0.25, -0.2) is 4.79 Å². The standard InChI is InChI=1S/C17H21NO4/c1-11-8-13(9-12(2)16(11)22-10-15(19)20)17(21)18-14-6-4-3-5-7-14/h3-4,8-9,14H,5-7,10H2,1-2H3,(H,18,21)(H,19,20). The highest BCUT2D eigenvalue weighted by Gasteiger charge is 2.16. The first kappa shape index (κ1) is 16.1. The molecule has 1 aliphatic rings. The van der Waals surface area contributed by atoms with E-state index in [1.54, 1.807) is 12.1 Å². The number of carbonyl (C=O) groups is 2. The van der Waals surface area contributed by atoms with Gasteiger partial charge in [-0.15, -0.1) is 0 Å². The number of hydrogen-bond acceptors (Lipinski definition) is 3. The van der Waals surface area contributed by atoms with E-state index in [1.807, 2.05) is 13.8 Å². The van der Waals surface area contributed by atoms with Gasteiger partial charge >= 0.3 is 5.97 Å². The molecule has 5 heteroatoms. The number of carbonyl (C=O) groups excluding carboxylic acids is 1. The van der Waals surface area contributed by atoms with Crippen molar-refractivity contribution >= 4 is 11.9 Å². The summed E-state index contributed by atoms with van der Waals surface area (Å²) < 4.78 is 5.27. The molecule has 1 unspecified atom stereocenters. The van der Waals surface area contributed by atoms with Gasteiger partial charge in [0.25, 0.3) is 5.91 Å². The average Bonchev–Trinajstić information content (AvgIpc) is 2.47. The van der Waals surface area contributed by atoms with Gasteiger partial charge in [-0.3, -0.25) is 4.79 Å². The van der Waals surface area contributed by atoms with Crippen molar-refractivity contribution in [2.24, 2.45) is 0 Å². The molecule has 0 heterocycles. The number of aryl methyl sites for hydroxylation is 2. The second kappa shape index (κ2) is 7.11. The van der Waals surface area contributed by atoms with Gasteiger partial charge in [-0.1, -0.05) is 12.2 Å². The van der Waals surface area contributed by atoms with Crippen molar-refractivity contribution < 1.29 is 19.4 Å². The summed E-state index contributed by atoms with van der Waals surface area (Å²) in [7, 11) is 0. The number of rotatable bonds is 5. The summed E-state index contributed by atoms with van der Waals surface area (Å²) in [5.41, 5.74) is 2.09. The number of aliphatic carboxylic acids is 1. The van der Waals surface area contributed by atoms with Gasteiger partial charge in [0.2, 0.25) is 0 Å². The Morgan fingerprint density at radius 1 is 1.27 bits per heavy atom. The van der Waals surface area contributed by atoms with E-state index in [0.29, 0.717) is 11.3 Å². The highest BCUT2D eigenvalue weighted by atomic mass is 16.5. The van der Waals surface area contributed by atoms with E-state index in [1.165, 1.54) is 0 Å². The van der Waals surface area contributed by atoms with Crippen LogP contribution in [0.5, 0.6) is 5.75 Å². The fourth-order valence-electron chi connectivity index (χ4n) is 2.64. The van der Waals surface area contributed by atoms with Crippen LogP contribution >= 0.6 is 0 Å². The fraction of sp³-hybridized carbons (Fsp3) is 0.412. The van der Waals surface area contributed by atoms with Gasteiger partial charge in [-0.05, 0) is 56.4 Å². The predicted octanol–water partition coefficient (Wildman–Crippen LogP) is 2.61. The molecule has 5 nitrogen and oxygen atoms in total. The van der Waals surface area contributed by atoms with Crippen LogP contribution in [0.25, 0.3) is 0 Å². The van der Waals surface area contributed by atoms with E-state index < -0.39 is 5.97 Å². The summed E-state index contributed by atoms with van der Waals surface area (Å²) in [5.74, 6) is -0.596. The van der Waals surface area contributed by atoms with Crippen molar-refractivity contribution in [3.05, 3.63) is 41.0 Å². The first-order valence-electron chi connectivity index (χ1n) is 7.39. The second-order valence-electron chi connectivity index (χ2n) is 5.58. The zero-order chi connectivity index (χ0) is 16.1. The fourth-order valence-corrected chi connectivity index (χ4v) is 2.64. The van der Waals surface area contributed by atoms with E-state index in [0.717, 1.165) is 30.4 Å². The van der Waals surface area contributed by atoms with Crippen LogP contribution in [0.15, 0.2) is 24.3 Å². The summed E-state index contributed by atoms with van der Waals surface area (Å²) in [6.45, 7) is 3.23. The number of hydrogen-bond donors (Lipinski definition) is 2. The first-order valence-corrected chi connectivity index (χ1v) is 7.39. The molecule has 1 amide bonds.